The minimum atomic E-state index is -0.0952. The van der Waals surface area contributed by atoms with E-state index in [1.165, 1.54) is 0 Å². The first-order valence-corrected chi connectivity index (χ1v) is 6.72. The number of hydrogen-bond donors (Lipinski definition) is 2. The summed E-state index contributed by atoms with van der Waals surface area (Å²) in [6.07, 6.45) is 1.85. The molecule has 2 aromatic heterocycles. The number of H-pyrrole nitrogens is 1. The van der Waals surface area contributed by atoms with Crippen molar-refractivity contribution in [3.63, 3.8) is 0 Å². The standard InChI is InChI=1S/C14H16N6O/c1-9(13-16-18-19-17-13)7-15-14(21)11-8-20(2)12-6-4-3-5-10(11)12/h3-6,8-9H,7H2,1-2H3,(H,15,21)(H,16,17,18,19)/t9-/m0/s1. The Labute approximate surface area is 121 Å². The topological polar surface area (TPSA) is 88.5 Å². The fourth-order valence-electron chi connectivity index (χ4n) is 2.33. The maximum absolute atomic E-state index is 12.4. The van der Waals surface area contributed by atoms with Crippen LogP contribution in [0.25, 0.3) is 10.9 Å². The van der Waals surface area contributed by atoms with E-state index in [0.717, 1.165) is 10.9 Å². The van der Waals surface area contributed by atoms with Crippen LogP contribution >= 0.6 is 0 Å². The Balaban J connectivity index is 1.75. The average molecular weight is 284 g/mol. The number of tetrazole rings is 1. The summed E-state index contributed by atoms with van der Waals surface area (Å²) in [5.41, 5.74) is 1.71. The van der Waals surface area contributed by atoms with Crippen LogP contribution in [0.5, 0.6) is 0 Å². The molecule has 0 bridgehead atoms. The molecule has 1 amide bonds. The minimum Gasteiger partial charge on any atom is -0.351 e. The van der Waals surface area contributed by atoms with Crippen molar-refractivity contribution in [3.8, 4) is 0 Å². The van der Waals surface area contributed by atoms with Gasteiger partial charge in [-0.3, -0.25) is 4.79 Å². The molecule has 0 saturated heterocycles. The largest absolute Gasteiger partial charge is 0.351 e. The Kier molecular flexibility index (Phi) is 3.39. The third kappa shape index (κ3) is 2.49. The number of amides is 1. The van der Waals surface area contributed by atoms with E-state index in [4.69, 9.17) is 0 Å². The predicted molar refractivity (Wildman–Crippen MR) is 77.8 cm³/mol. The molecule has 0 aliphatic rings. The molecule has 1 aromatic carbocycles. The van der Waals surface area contributed by atoms with Crippen LogP contribution in [0.3, 0.4) is 0 Å². The highest BCUT2D eigenvalue weighted by atomic mass is 16.1. The van der Waals surface area contributed by atoms with Crippen LogP contribution in [0.2, 0.25) is 0 Å². The van der Waals surface area contributed by atoms with Gasteiger partial charge in [-0.25, -0.2) is 0 Å². The van der Waals surface area contributed by atoms with E-state index < -0.39 is 0 Å². The van der Waals surface area contributed by atoms with Crippen LogP contribution < -0.4 is 5.32 Å². The van der Waals surface area contributed by atoms with Gasteiger partial charge in [0.2, 0.25) is 0 Å². The first-order valence-electron chi connectivity index (χ1n) is 6.72. The predicted octanol–water partition coefficient (Wildman–Crippen LogP) is 1.22. The first-order chi connectivity index (χ1) is 10.2. The quantitative estimate of drug-likeness (QED) is 0.754. The molecule has 1 atom stereocenters. The summed E-state index contributed by atoms with van der Waals surface area (Å²) in [6, 6.07) is 7.84. The van der Waals surface area contributed by atoms with Gasteiger partial charge in [0.1, 0.15) is 0 Å². The highest BCUT2D eigenvalue weighted by Gasteiger charge is 2.16. The van der Waals surface area contributed by atoms with Gasteiger partial charge in [0.05, 0.1) is 5.56 Å². The number of carbonyl (C=O) groups is 1. The molecule has 3 rings (SSSR count). The number of nitrogens with zero attached hydrogens (tertiary/aromatic N) is 4. The summed E-state index contributed by atoms with van der Waals surface area (Å²) in [4.78, 5) is 12.4. The SMILES string of the molecule is C[C@@H](CNC(=O)c1cn(C)c2ccccc12)c1nn[nH]n1. The molecule has 0 saturated carbocycles. The Morgan fingerprint density at radius 3 is 3.00 bits per heavy atom. The van der Waals surface area contributed by atoms with Crippen molar-refractivity contribution in [3.05, 3.63) is 41.9 Å². The lowest BCUT2D eigenvalue weighted by atomic mass is 10.1. The zero-order chi connectivity index (χ0) is 14.8. The average Bonchev–Trinajstić information content (AvgIpc) is 3.13. The fourth-order valence-corrected chi connectivity index (χ4v) is 2.33. The van der Waals surface area contributed by atoms with Crippen LogP contribution in [-0.2, 0) is 7.05 Å². The fraction of sp³-hybridized carbons (Fsp3) is 0.286. The van der Waals surface area contributed by atoms with Gasteiger partial charge in [0.25, 0.3) is 5.91 Å². The van der Waals surface area contributed by atoms with Gasteiger partial charge in [0.15, 0.2) is 5.82 Å². The lowest BCUT2D eigenvalue weighted by Gasteiger charge is -2.08. The number of rotatable bonds is 4. The smallest absolute Gasteiger partial charge is 0.253 e. The van der Waals surface area contributed by atoms with Crippen molar-refractivity contribution in [2.75, 3.05) is 6.54 Å². The second kappa shape index (κ2) is 5.35. The molecular weight excluding hydrogens is 268 g/mol. The van der Waals surface area contributed by atoms with E-state index in [2.05, 4.69) is 25.9 Å². The number of carbonyl (C=O) groups excluding carboxylic acids is 1. The first kappa shape index (κ1) is 13.3. The Bertz CT molecular complexity index is 761. The summed E-state index contributed by atoms with van der Waals surface area (Å²) >= 11 is 0. The number of aryl methyl sites for hydroxylation is 1. The molecule has 0 aliphatic carbocycles. The Morgan fingerprint density at radius 1 is 1.43 bits per heavy atom. The van der Waals surface area contributed by atoms with E-state index in [1.807, 2.05) is 49.0 Å². The van der Waals surface area contributed by atoms with Crippen molar-refractivity contribution in [1.82, 2.24) is 30.5 Å². The molecule has 21 heavy (non-hydrogen) atoms. The molecule has 0 aliphatic heterocycles. The summed E-state index contributed by atoms with van der Waals surface area (Å²) in [7, 11) is 1.93. The third-order valence-corrected chi connectivity index (χ3v) is 3.51. The van der Waals surface area contributed by atoms with Gasteiger partial charge >= 0.3 is 0 Å². The summed E-state index contributed by atoms with van der Waals surface area (Å²) in [5.74, 6) is 0.498. The second-order valence-corrected chi connectivity index (χ2v) is 5.05. The highest BCUT2D eigenvalue weighted by Crippen LogP contribution is 2.20. The summed E-state index contributed by atoms with van der Waals surface area (Å²) < 4.78 is 1.95. The van der Waals surface area contributed by atoms with Gasteiger partial charge in [0, 0.05) is 36.6 Å². The monoisotopic (exact) mass is 284 g/mol. The Morgan fingerprint density at radius 2 is 2.24 bits per heavy atom. The number of nitrogens with one attached hydrogen (secondary N) is 2. The van der Waals surface area contributed by atoms with E-state index in [9.17, 15) is 4.79 Å². The molecule has 0 spiro atoms. The number of benzene rings is 1. The normalized spacial score (nSPS) is 12.5. The van der Waals surface area contributed by atoms with Gasteiger partial charge in [-0.05, 0) is 6.07 Å². The van der Waals surface area contributed by atoms with E-state index >= 15 is 0 Å². The molecule has 3 aromatic rings. The zero-order valence-electron chi connectivity index (χ0n) is 11.9. The second-order valence-electron chi connectivity index (χ2n) is 5.05. The van der Waals surface area contributed by atoms with Crippen LogP contribution in [0.1, 0.15) is 29.0 Å². The van der Waals surface area contributed by atoms with Crippen LogP contribution in [0.4, 0.5) is 0 Å². The number of para-hydroxylation sites is 1. The molecule has 0 unspecified atom stereocenters. The third-order valence-electron chi connectivity index (χ3n) is 3.51. The molecule has 0 radical (unpaired) electrons. The van der Waals surface area contributed by atoms with Crippen molar-refractivity contribution in [2.45, 2.75) is 12.8 Å². The lowest BCUT2D eigenvalue weighted by molar-refractivity contribution is 0.0953. The van der Waals surface area contributed by atoms with Crippen molar-refractivity contribution in [2.24, 2.45) is 7.05 Å². The van der Waals surface area contributed by atoms with E-state index in [-0.39, 0.29) is 11.8 Å². The molecular formula is C14H16N6O. The summed E-state index contributed by atoms with van der Waals surface area (Å²) in [5, 5.41) is 17.6. The maximum atomic E-state index is 12.4. The molecule has 7 nitrogen and oxygen atoms in total. The van der Waals surface area contributed by atoms with E-state index in [0.29, 0.717) is 17.9 Å². The zero-order valence-corrected chi connectivity index (χ0v) is 11.9. The maximum Gasteiger partial charge on any atom is 0.253 e. The van der Waals surface area contributed by atoms with Crippen LogP contribution in [0.15, 0.2) is 30.5 Å². The molecule has 7 heteroatoms. The van der Waals surface area contributed by atoms with Crippen LogP contribution in [0, 0.1) is 0 Å². The van der Waals surface area contributed by atoms with Crippen molar-refractivity contribution < 1.29 is 4.79 Å². The van der Waals surface area contributed by atoms with Crippen molar-refractivity contribution in [1.29, 1.82) is 0 Å². The molecule has 2 N–H and O–H groups in total. The number of hydrogen-bond acceptors (Lipinski definition) is 4. The van der Waals surface area contributed by atoms with Gasteiger partial charge in [-0.15, -0.1) is 10.2 Å². The van der Waals surface area contributed by atoms with Crippen molar-refractivity contribution >= 4 is 16.8 Å². The van der Waals surface area contributed by atoms with Gasteiger partial charge in [-0.2, -0.15) is 5.21 Å². The molecule has 108 valence electrons. The number of aromatic amines is 1. The van der Waals surface area contributed by atoms with E-state index in [1.54, 1.807) is 0 Å². The van der Waals surface area contributed by atoms with Gasteiger partial charge < -0.3 is 9.88 Å². The lowest BCUT2D eigenvalue weighted by Crippen LogP contribution is -2.27. The number of fused-ring (bicyclic) bond motifs is 1. The number of aromatic nitrogens is 5. The summed E-state index contributed by atoms with van der Waals surface area (Å²) in [6.45, 7) is 2.40. The van der Waals surface area contributed by atoms with Gasteiger partial charge in [-0.1, -0.05) is 30.3 Å². The highest BCUT2D eigenvalue weighted by molar-refractivity contribution is 6.06. The minimum absolute atomic E-state index is 0.00248. The van der Waals surface area contributed by atoms with Crippen LogP contribution in [-0.4, -0.2) is 37.6 Å². The Hall–Kier alpha value is -2.70. The molecule has 0 fully saturated rings. The molecule has 2 heterocycles.